The molecule has 0 radical (unpaired) electrons. The Bertz CT molecular complexity index is 1240. The smallest absolute Gasteiger partial charge is 0.183 e. The Morgan fingerprint density at radius 2 is 2.04 bits per heavy atom. The van der Waals surface area contributed by atoms with Crippen LogP contribution in [0.4, 0.5) is 5.13 Å². The van der Waals surface area contributed by atoms with Gasteiger partial charge in [0.2, 0.25) is 0 Å². The Morgan fingerprint density at radius 3 is 2.89 bits per heavy atom. The molecule has 4 aromatic heterocycles. The van der Waals surface area contributed by atoms with Gasteiger partial charge in [-0.05, 0) is 36.2 Å². The number of imidazole rings is 1. The van der Waals surface area contributed by atoms with E-state index in [-0.39, 0.29) is 0 Å². The van der Waals surface area contributed by atoms with Crippen molar-refractivity contribution in [3.05, 3.63) is 84.8 Å². The maximum absolute atomic E-state index is 5.37. The minimum atomic E-state index is 0.620. The van der Waals surface area contributed by atoms with Gasteiger partial charge in [-0.25, -0.2) is 9.97 Å². The molecule has 5 aromatic rings. The van der Waals surface area contributed by atoms with E-state index in [9.17, 15) is 0 Å². The van der Waals surface area contributed by atoms with Crippen molar-refractivity contribution in [3.8, 4) is 21.6 Å². The average molecular weight is 386 g/mol. The van der Waals surface area contributed by atoms with Gasteiger partial charge in [-0.15, -0.1) is 0 Å². The molecular formula is C22H18N4OS. The zero-order chi connectivity index (χ0) is 18.9. The van der Waals surface area contributed by atoms with Gasteiger partial charge in [0.25, 0.3) is 0 Å². The molecule has 0 aliphatic rings. The second kappa shape index (κ2) is 6.98. The van der Waals surface area contributed by atoms with Crippen LogP contribution in [-0.2, 0) is 6.54 Å². The fourth-order valence-corrected chi connectivity index (χ4v) is 4.10. The molecule has 0 aliphatic heterocycles. The number of nitrogens with one attached hydrogen (secondary N) is 1. The molecule has 0 atom stereocenters. The first-order valence-electron chi connectivity index (χ1n) is 9.03. The lowest BCUT2D eigenvalue weighted by Gasteiger charge is -2.10. The van der Waals surface area contributed by atoms with E-state index in [1.54, 1.807) is 17.6 Å². The predicted molar refractivity (Wildman–Crippen MR) is 113 cm³/mol. The summed E-state index contributed by atoms with van der Waals surface area (Å²) in [6.45, 7) is 2.75. The number of aromatic nitrogens is 3. The summed E-state index contributed by atoms with van der Waals surface area (Å²) < 4.78 is 7.44. The molecular weight excluding hydrogens is 368 g/mol. The second-order valence-electron chi connectivity index (χ2n) is 6.58. The van der Waals surface area contributed by atoms with E-state index in [0.717, 1.165) is 32.5 Å². The monoisotopic (exact) mass is 386 g/mol. The summed E-state index contributed by atoms with van der Waals surface area (Å²) in [6.07, 6.45) is 9.52. The number of aryl methyl sites for hydroxylation is 1. The summed E-state index contributed by atoms with van der Waals surface area (Å²) in [4.78, 5) is 10.2. The third kappa shape index (κ3) is 3.08. The highest BCUT2D eigenvalue weighted by Crippen LogP contribution is 2.34. The van der Waals surface area contributed by atoms with Crippen molar-refractivity contribution in [2.75, 3.05) is 5.32 Å². The van der Waals surface area contributed by atoms with Crippen LogP contribution >= 0.6 is 11.3 Å². The summed E-state index contributed by atoms with van der Waals surface area (Å²) >= 11 is 1.63. The molecule has 0 fully saturated rings. The molecule has 0 unspecified atom stereocenters. The van der Waals surface area contributed by atoms with Gasteiger partial charge in [-0.3, -0.25) is 0 Å². The van der Waals surface area contributed by atoms with Crippen molar-refractivity contribution in [1.29, 1.82) is 0 Å². The van der Waals surface area contributed by atoms with Crippen molar-refractivity contribution in [2.24, 2.45) is 0 Å². The van der Waals surface area contributed by atoms with Crippen molar-refractivity contribution >= 4 is 22.1 Å². The van der Waals surface area contributed by atoms with Crippen LogP contribution < -0.4 is 5.32 Å². The molecule has 1 aromatic carbocycles. The molecule has 0 bridgehead atoms. The largest absolute Gasteiger partial charge is 0.467 e. The third-order valence-corrected chi connectivity index (χ3v) is 5.71. The molecule has 0 saturated carbocycles. The Hall–Kier alpha value is -3.38. The first-order chi connectivity index (χ1) is 13.8. The highest BCUT2D eigenvalue weighted by molar-refractivity contribution is 7.18. The SMILES string of the molecule is Cc1ccccc1-c1cc(-c2cnc(NCc3ccco3)s2)cn2ccnc12. The Balaban J connectivity index is 1.52. The van der Waals surface area contributed by atoms with Gasteiger partial charge in [0.05, 0.1) is 17.7 Å². The fraction of sp³-hybridized carbons (Fsp3) is 0.0909. The Labute approximate surface area is 166 Å². The van der Waals surface area contributed by atoms with Crippen LogP contribution in [0.2, 0.25) is 0 Å². The lowest BCUT2D eigenvalue weighted by atomic mass is 10.00. The maximum atomic E-state index is 5.37. The topological polar surface area (TPSA) is 55.4 Å². The van der Waals surface area contributed by atoms with Crippen LogP contribution in [0.25, 0.3) is 27.2 Å². The molecule has 0 saturated heterocycles. The Morgan fingerprint density at radius 1 is 1.11 bits per heavy atom. The number of nitrogens with zero attached hydrogens (tertiary/aromatic N) is 3. The van der Waals surface area contributed by atoms with E-state index < -0.39 is 0 Å². The molecule has 6 heteroatoms. The number of benzene rings is 1. The summed E-state index contributed by atoms with van der Waals surface area (Å²) in [5.74, 6) is 0.887. The van der Waals surface area contributed by atoms with Gasteiger partial charge in [0.1, 0.15) is 11.4 Å². The summed E-state index contributed by atoms with van der Waals surface area (Å²) in [6, 6.07) is 14.4. The minimum Gasteiger partial charge on any atom is -0.467 e. The first kappa shape index (κ1) is 16.8. The van der Waals surface area contributed by atoms with E-state index >= 15 is 0 Å². The number of furan rings is 1. The molecule has 0 amide bonds. The van der Waals surface area contributed by atoms with Crippen molar-refractivity contribution in [3.63, 3.8) is 0 Å². The number of rotatable bonds is 5. The van der Waals surface area contributed by atoms with Gasteiger partial charge >= 0.3 is 0 Å². The number of hydrogen-bond acceptors (Lipinski definition) is 5. The van der Waals surface area contributed by atoms with Gasteiger partial charge in [-0.1, -0.05) is 35.6 Å². The quantitative estimate of drug-likeness (QED) is 0.425. The van der Waals surface area contributed by atoms with E-state index in [2.05, 4.69) is 63.1 Å². The van der Waals surface area contributed by atoms with Gasteiger partial charge in [0, 0.05) is 35.9 Å². The second-order valence-corrected chi connectivity index (χ2v) is 7.61. The summed E-state index contributed by atoms with van der Waals surface area (Å²) in [5, 5.41) is 4.19. The van der Waals surface area contributed by atoms with Crippen LogP contribution in [0.3, 0.4) is 0 Å². The average Bonchev–Trinajstić information content (AvgIpc) is 3.47. The lowest BCUT2D eigenvalue weighted by Crippen LogP contribution is -1.96. The number of pyridine rings is 1. The van der Waals surface area contributed by atoms with Gasteiger partial charge < -0.3 is 14.1 Å². The molecule has 4 heterocycles. The van der Waals surface area contributed by atoms with Gasteiger partial charge in [0.15, 0.2) is 5.13 Å². The molecule has 5 nitrogen and oxygen atoms in total. The third-order valence-electron chi connectivity index (χ3n) is 4.71. The molecule has 1 N–H and O–H groups in total. The molecule has 0 spiro atoms. The van der Waals surface area contributed by atoms with E-state index in [0.29, 0.717) is 6.54 Å². The van der Waals surface area contributed by atoms with Gasteiger partial charge in [-0.2, -0.15) is 0 Å². The predicted octanol–water partition coefficient (Wildman–Crippen LogP) is 5.64. The van der Waals surface area contributed by atoms with Crippen molar-refractivity contribution < 1.29 is 4.42 Å². The maximum Gasteiger partial charge on any atom is 0.183 e. The first-order valence-corrected chi connectivity index (χ1v) is 9.85. The molecule has 138 valence electrons. The molecule has 5 rings (SSSR count). The molecule has 0 aliphatic carbocycles. The van der Waals surface area contributed by atoms with Crippen LogP contribution in [0.5, 0.6) is 0 Å². The van der Waals surface area contributed by atoms with Crippen molar-refractivity contribution in [1.82, 2.24) is 14.4 Å². The standard InChI is InChI=1S/C22H18N4OS/c1-15-5-2-3-7-18(15)19-11-16(14-26-9-8-23-21(19)26)20-13-25-22(28-20)24-12-17-6-4-10-27-17/h2-11,13-14H,12H2,1H3,(H,24,25). The fourth-order valence-electron chi connectivity index (χ4n) is 3.31. The highest BCUT2D eigenvalue weighted by atomic mass is 32.1. The lowest BCUT2D eigenvalue weighted by molar-refractivity contribution is 0.518. The minimum absolute atomic E-state index is 0.620. The van der Waals surface area contributed by atoms with Crippen LogP contribution in [0, 0.1) is 6.92 Å². The van der Waals surface area contributed by atoms with Crippen molar-refractivity contribution in [2.45, 2.75) is 13.5 Å². The number of thiazole rings is 1. The number of anilines is 1. The summed E-state index contributed by atoms with van der Waals surface area (Å²) in [7, 11) is 0. The van der Waals surface area contributed by atoms with E-state index in [1.807, 2.05) is 30.7 Å². The number of hydrogen-bond donors (Lipinski definition) is 1. The summed E-state index contributed by atoms with van der Waals surface area (Å²) in [5.41, 5.74) is 5.63. The Kier molecular flexibility index (Phi) is 4.18. The highest BCUT2D eigenvalue weighted by Gasteiger charge is 2.13. The number of fused-ring (bicyclic) bond motifs is 1. The van der Waals surface area contributed by atoms with Crippen LogP contribution in [0.15, 0.2) is 77.9 Å². The zero-order valence-corrected chi connectivity index (χ0v) is 16.1. The van der Waals surface area contributed by atoms with E-state index in [1.165, 1.54) is 11.1 Å². The normalized spacial score (nSPS) is 11.2. The van der Waals surface area contributed by atoms with Crippen LogP contribution in [0.1, 0.15) is 11.3 Å². The molecule has 28 heavy (non-hydrogen) atoms. The van der Waals surface area contributed by atoms with Crippen LogP contribution in [-0.4, -0.2) is 14.4 Å². The van der Waals surface area contributed by atoms with E-state index in [4.69, 9.17) is 4.42 Å². The zero-order valence-electron chi connectivity index (χ0n) is 15.3.